The average molecular weight is 259 g/mol. The van der Waals surface area contributed by atoms with Crippen LogP contribution in [-0.4, -0.2) is 5.11 Å². The van der Waals surface area contributed by atoms with Crippen molar-refractivity contribution in [1.82, 2.24) is 0 Å². The Bertz CT molecular complexity index is 596. The predicted molar refractivity (Wildman–Crippen MR) is 73.3 cm³/mol. The molecule has 0 amide bonds. The number of hydrogen-bond acceptors (Lipinski definition) is 4. The van der Waals surface area contributed by atoms with Crippen molar-refractivity contribution in [1.29, 1.82) is 0 Å². The van der Waals surface area contributed by atoms with Crippen LogP contribution >= 0.6 is 0 Å². The maximum atomic E-state index is 13.1. The van der Waals surface area contributed by atoms with E-state index < -0.39 is 0 Å². The Balaban J connectivity index is 2.22. The van der Waals surface area contributed by atoms with E-state index in [4.69, 9.17) is 11.6 Å². The second-order valence-corrected chi connectivity index (χ2v) is 4.02. The molecular formula is C14H14FN3O. The lowest BCUT2D eigenvalue weighted by Gasteiger charge is -2.15. The van der Waals surface area contributed by atoms with Gasteiger partial charge in [-0.1, -0.05) is 6.07 Å². The summed E-state index contributed by atoms with van der Waals surface area (Å²) in [6.07, 6.45) is 1.49. The first-order chi connectivity index (χ1) is 9.06. The Hall–Kier alpha value is -2.53. The summed E-state index contributed by atoms with van der Waals surface area (Å²) in [5.74, 6) is 5.58. The van der Waals surface area contributed by atoms with Gasteiger partial charge in [-0.15, -0.1) is 0 Å². The number of phenolic OH excluding ortho intramolecular Hbond substituents is 1. The Morgan fingerprint density at radius 2 is 1.84 bits per heavy atom. The van der Waals surface area contributed by atoms with Gasteiger partial charge in [-0.05, 0) is 48.0 Å². The molecule has 2 aromatic rings. The van der Waals surface area contributed by atoms with Gasteiger partial charge in [0.05, 0.1) is 11.4 Å². The monoisotopic (exact) mass is 259 g/mol. The molecule has 0 aliphatic heterocycles. The molecule has 4 nitrogen and oxygen atoms in total. The average Bonchev–Trinajstić information content (AvgIpc) is 2.39. The maximum Gasteiger partial charge on any atom is 0.125 e. The molecule has 0 spiro atoms. The molecule has 0 radical (unpaired) electrons. The van der Waals surface area contributed by atoms with Gasteiger partial charge in [0.1, 0.15) is 11.6 Å². The van der Waals surface area contributed by atoms with Crippen molar-refractivity contribution < 1.29 is 9.50 Å². The van der Waals surface area contributed by atoms with Crippen molar-refractivity contribution >= 4 is 11.4 Å². The molecule has 2 aromatic carbocycles. The number of nitrogens with zero attached hydrogens (tertiary/aromatic N) is 1. The number of halogens is 1. The van der Waals surface area contributed by atoms with Crippen LogP contribution in [-0.2, 0) is 0 Å². The largest absolute Gasteiger partial charge is 0.508 e. The number of hydrogen-bond donors (Lipinski definition) is 3. The van der Waals surface area contributed by atoms with E-state index in [1.165, 1.54) is 35.5 Å². The summed E-state index contributed by atoms with van der Waals surface area (Å²) in [7, 11) is 0. The molecule has 0 aliphatic carbocycles. The molecule has 0 unspecified atom stereocenters. The lowest BCUT2D eigenvalue weighted by molar-refractivity contribution is 0.475. The van der Waals surface area contributed by atoms with Gasteiger partial charge in [0, 0.05) is 6.20 Å². The molecule has 0 aliphatic rings. The van der Waals surface area contributed by atoms with Gasteiger partial charge < -0.3 is 10.8 Å². The van der Waals surface area contributed by atoms with E-state index in [-0.39, 0.29) is 11.6 Å². The summed E-state index contributed by atoms with van der Waals surface area (Å²) in [5.41, 5.74) is 7.49. The van der Waals surface area contributed by atoms with E-state index in [1.807, 2.05) is 0 Å². The van der Waals surface area contributed by atoms with Crippen LogP contribution in [0.1, 0.15) is 5.56 Å². The summed E-state index contributed by atoms with van der Waals surface area (Å²) in [5, 5.41) is 10.4. The number of rotatable bonds is 3. The third-order valence-electron chi connectivity index (χ3n) is 2.59. The molecule has 0 heterocycles. The van der Waals surface area contributed by atoms with Gasteiger partial charge in [0.15, 0.2) is 0 Å². The molecule has 0 fully saturated rings. The maximum absolute atomic E-state index is 13.1. The standard InChI is InChI=1S/C14H14FN3O/c15-11-2-1-3-12(8-11)18(17)9-14(16)10-4-6-13(19)7-5-10/h1-9,19H,16-17H2/b14-9-. The van der Waals surface area contributed by atoms with Crippen LogP contribution in [0.3, 0.4) is 0 Å². The van der Waals surface area contributed by atoms with Crippen molar-refractivity contribution in [2.45, 2.75) is 0 Å². The number of aromatic hydroxyl groups is 1. The zero-order valence-corrected chi connectivity index (χ0v) is 10.1. The summed E-state index contributed by atoms with van der Waals surface area (Å²) in [6.45, 7) is 0. The van der Waals surface area contributed by atoms with Crippen LogP contribution < -0.4 is 16.6 Å². The highest BCUT2D eigenvalue weighted by Gasteiger charge is 2.03. The molecule has 19 heavy (non-hydrogen) atoms. The van der Waals surface area contributed by atoms with Crippen molar-refractivity contribution in [3.05, 3.63) is 66.1 Å². The molecule has 0 bridgehead atoms. The topological polar surface area (TPSA) is 75.5 Å². The Morgan fingerprint density at radius 1 is 1.16 bits per heavy atom. The lowest BCUT2D eigenvalue weighted by Crippen LogP contribution is -2.25. The van der Waals surface area contributed by atoms with Crippen molar-refractivity contribution in [3.8, 4) is 5.75 Å². The fourth-order valence-corrected chi connectivity index (χ4v) is 1.59. The third-order valence-corrected chi connectivity index (χ3v) is 2.59. The first kappa shape index (κ1) is 12.9. The number of nitrogens with two attached hydrogens (primary N) is 2. The predicted octanol–water partition coefficient (Wildman–Crippen LogP) is 2.17. The molecule has 98 valence electrons. The van der Waals surface area contributed by atoms with Crippen LogP contribution in [0, 0.1) is 5.82 Å². The minimum atomic E-state index is -0.371. The highest BCUT2D eigenvalue weighted by Crippen LogP contribution is 2.17. The van der Waals surface area contributed by atoms with E-state index in [2.05, 4.69) is 0 Å². The fraction of sp³-hybridized carbons (Fsp3) is 0. The van der Waals surface area contributed by atoms with Crippen LogP contribution in [0.4, 0.5) is 10.1 Å². The normalized spacial score (nSPS) is 11.4. The number of benzene rings is 2. The zero-order chi connectivity index (χ0) is 13.8. The van der Waals surface area contributed by atoms with Crippen LogP contribution in [0.15, 0.2) is 54.7 Å². The lowest BCUT2D eigenvalue weighted by atomic mass is 10.1. The minimum absolute atomic E-state index is 0.159. The second kappa shape index (κ2) is 5.41. The first-order valence-electron chi connectivity index (χ1n) is 5.62. The Morgan fingerprint density at radius 3 is 2.47 bits per heavy atom. The van der Waals surface area contributed by atoms with E-state index in [1.54, 1.807) is 24.3 Å². The smallest absolute Gasteiger partial charge is 0.125 e. The van der Waals surface area contributed by atoms with Gasteiger partial charge in [0.25, 0.3) is 0 Å². The summed E-state index contributed by atoms with van der Waals surface area (Å²) >= 11 is 0. The highest BCUT2D eigenvalue weighted by molar-refractivity contribution is 5.66. The molecule has 0 saturated carbocycles. The quantitative estimate of drug-likeness (QED) is 0.583. The zero-order valence-electron chi connectivity index (χ0n) is 10.1. The second-order valence-electron chi connectivity index (χ2n) is 4.02. The minimum Gasteiger partial charge on any atom is -0.508 e. The molecular weight excluding hydrogens is 245 g/mol. The van der Waals surface area contributed by atoms with Crippen molar-refractivity contribution in [2.75, 3.05) is 5.01 Å². The molecule has 2 rings (SSSR count). The van der Waals surface area contributed by atoms with Crippen LogP contribution in [0.25, 0.3) is 5.70 Å². The van der Waals surface area contributed by atoms with Crippen LogP contribution in [0.2, 0.25) is 0 Å². The Labute approximate surface area is 110 Å². The fourth-order valence-electron chi connectivity index (χ4n) is 1.59. The van der Waals surface area contributed by atoms with Gasteiger partial charge in [0.2, 0.25) is 0 Å². The summed E-state index contributed by atoms with van der Waals surface area (Å²) < 4.78 is 13.1. The van der Waals surface area contributed by atoms with E-state index in [9.17, 15) is 9.50 Å². The van der Waals surface area contributed by atoms with Gasteiger partial charge in [-0.25, -0.2) is 10.2 Å². The SMILES string of the molecule is N/C(=C\N(N)c1cccc(F)c1)c1ccc(O)cc1. The number of anilines is 1. The first-order valence-corrected chi connectivity index (χ1v) is 5.62. The van der Waals surface area contributed by atoms with E-state index in [0.29, 0.717) is 16.9 Å². The molecule has 5 N–H and O–H groups in total. The van der Waals surface area contributed by atoms with Gasteiger partial charge >= 0.3 is 0 Å². The molecule has 0 atom stereocenters. The summed E-state index contributed by atoms with van der Waals surface area (Å²) in [4.78, 5) is 0. The van der Waals surface area contributed by atoms with Crippen molar-refractivity contribution in [2.24, 2.45) is 11.6 Å². The Kier molecular flexibility index (Phi) is 3.68. The molecule has 5 heteroatoms. The van der Waals surface area contributed by atoms with Gasteiger partial charge in [-0.2, -0.15) is 0 Å². The van der Waals surface area contributed by atoms with Gasteiger partial charge in [-0.3, -0.25) is 5.01 Å². The van der Waals surface area contributed by atoms with Crippen LogP contribution in [0.5, 0.6) is 5.75 Å². The molecule has 0 saturated heterocycles. The number of phenols is 1. The number of hydrazine groups is 1. The third kappa shape index (κ3) is 3.23. The van der Waals surface area contributed by atoms with Crippen molar-refractivity contribution in [3.63, 3.8) is 0 Å². The van der Waals surface area contributed by atoms with E-state index >= 15 is 0 Å². The molecule has 0 aromatic heterocycles. The summed E-state index contributed by atoms with van der Waals surface area (Å²) in [6, 6.07) is 12.3. The highest BCUT2D eigenvalue weighted by atomic mass is 19.1. The van der Waals surface area contributed by atoms with E-state index in [0.717, 1.165) is 0 Å².